The molecule has 4 nitrogen and oxygen atoms in total. The lowest BCUT2D eigenvalue weighted by atomic mass is 10.1. The molecule has 0 bridgehead atoms. The molecule has 0 aliphatic heterocycles. The number of benzene rings is 2. The van der Waals surface area contributed by atoms with Crippen molar-refractivity contribution < 1.29 is 9.90 Å². The summed E-state index contributed by atoms with van der Waals surface area (Å²) in [5.41, 5.74) is 1.86. The number of rotatable bonds is 6. The largest absolute Gasteiger partial charge is 0.506 e. The van der Waals surface area contributed by atoms with E-state index in [4.69, 9.17) is 0 Å². The van der Waals surface area contributed by atoms with Gasteiger partial charge < -0.3 is 10.4 Å². The van der Waals surface area contributed by atoms with E-state index in [-0.39, 0.29) is 11.3 Å². The minimum Gasteiger partial charge on any atom is -0.506 e. The second-order valence-corrected chi connectivity index (χ2v) is 7.06. The van der Waals surface area contributed by atoms with Gasteiger partial charge in [0.2, 0.25) is 0 Å². The van der Waals surface area contributed by atoms with Crippen LogP contribution in [-0.4, -0.2) is 17.6 Å². The number of halogens is 2. The molecule has 0 unspecified atom stereocenters. The van der Waals surface area contributed by atoms with Gasteiger partial charge in [-0.25, -0.2) is 0 Å². The molecule has 0 aromatic heterocycles. The van der Waals surface area contributed by atoms with E-state index in [2.05, 4.69) is 37.2 Å². The van der Waals surface area contributed by atoms with E-state index < -0.39 is 5.91 Å². The fourth-order valence-corrected chi connectivity index (χ4v) is 3.44. The average Bonchev–Trinajstić information content (AvgIpc) is 2.61. The SMILES string of the molecule is N#C/C(=C/c1cc(Br)c(O)c(Br)c1)C(=O)NCCCc1ccccc1. The number of carbonyl (C=O) groups is 1. The molecular formula is C19H16Br2N2O2. The van der Waals surface area contributed by atoms with E-state index in [1.807, 2.05) is 36.4 Å². The van der Waals surface area contributed by atoms with E-state index in [0.29, 0.717) is 21.1 Å². The van der Waals surface area contributed by atoms with E-state index in [1.165, 1.54) is 11.6 Å². The number of nitrogens with zero attached hydrogens (tertiary/aromatic N) is 1. The monoisotopic (exact) mass is 462 g/mol. The second-order valence-electron chi connectivity index (χ2n) is 5.35. The summed E-state index contributed by atoms with van der Waals surface area (Å²) in [6, 6.07) is 15.2. The van der Waals surface area contributed by atoms with Crippen molar-refractivity contribution in [2.75, 3.05) is 6.54 Å². The molecule has 2 rings (SSSR count). The van der Waals surface area contributed by atoms with Crippen molar-refractivity contribution in [1.82, 2.24) is 5.32 Å². The zero-order valence-electron chi connectivity index (χ0n) is 13.3. The zero-order valence-corrected chi connectivity index (χ0v) is 16.5. The van der Waals surface area contributed by atoms with Crippen LogP contribution in [0.4, 0.5) is 0 Å². The van der Waals surface area contributed by atoms with E-state index in [1.54, 1.807) is 12.1 Å². The Bertz CT molecular complexity index is 804. The predicted molar refractivity (Wildman–Crippen MR) is 105 cm³/mol. The number of carbonyl (C=O) groups excluding carboxylic acids is 1. The molecule has 2 N–H and O–H groups in total. The molecule has 2 aromatic rings. The van der Waals surface area contributed by atoms with E-state index in [0.717, 1.165) is 12.8 Å². The van der Waals surface area contributed by atoms with Crippen LogP contribution in [0.15, 0.2) is 57.0 Å². The molecule has 0 radical (unpaired) electrons. The highest BCUT2D eigenvalue weighted by Crippen LogP contribution is 2.33. The fraction of sp³-hybridized carbons (Fsp3) is 0.158. The van der Waals surface area contributed by atoms with Crippen LogP contribution in [-0.2, 0) is 11.2 Å². The maximum atomic E-state index is 12.2. The van der Waals surface area contributed by atoms with Crippen molar-refractivity contribution in [1.29, 1.82) is 5.26 Å². The Hall–Kier alpha value is -2.10. The third-order valence-electron chi connectivity index (χ3n) is 3.49. The Kier molecular flexibility index (Phi) is 7.23. The summed E-state index contributed by atoms with van der Waals surface area (Å²) in [5, 5.41) is 21.7. The Balaban J connectivity index is 1.95. The Morgan fingerprint density at radius 1 is 1.20 bits per heavy atom. The molecule has 0 heterocycles. The molecular weight excluding hydrogens is 448 g/mol. The highest BCUT2D eigenvalue weighted by atomic mass is 79.9. The molecule has 2 aromatic carbocycles. The summed E-state index contributed by atoms with van der Waals surface area (Å²) in [5.74, 6) is -0.336. The Morgan fingerprint density at radius 2 is 1.84 bits per heavy atom. The van der Waals surface area contributed by atoms with Crippen LogP contribution in [0.25, 0.3) is 6.08 Å². The first-order valence-electron chi connectivity index (χ1n) is 7.63. The highest BCUT2D eigenvalue weighted by molar-refractivity contribution is 9.11. The molecule has 0 aliphatic rings. The summed E-state index contributed by atoms with van der Waals surface area (Å²) >= 11 is 6.45. The number of nitrogens with one attached hydrogen (secondary N) is 1. The average molecular weight is 464 g/mol. The van der Waals surface area contributed by atoms with E-state index in [9.17, 15) is 15.2 Å². The lowest BCUT2D eigenvalue weighted by molar-refractivity contribution is -0.117. The molecule has 128 valence electrons. The number of aryl methyl sites for hydroxylation is 1. The van der Waals surface area contributed by atoms with Crippen molar-refractivity contribution in [2.24, 2.45) is 0 Å². The highest BCUT2D eigenvalue weighted by Gasteiger charge is 2.10. The van der Waals surface area contributed by atoms with E-state index >= 15 is 0 Å². The fourth-order valence-electron chi connectivity index (χ4n) is 2.22. The van der Waals surface area contributed by atoms with Gasteiger partial charge in [-0.05, 0) is 74.0 Å². The number of amides is 1. The van der Waals surface area contributed by atoms with Gasteiger partial charge in [-0.1, -0.05) is 30.3 Å². The molecule has 25 heavy (non-hydrogen) atoms. The van der Waals surface area contributed by atoms with Crippen molar-refractivity contribution >= 4 is 43.8 Å². The number of hydrogen-bond donors (Lipinski definition) is 2. The van der Waals surface area contributed by atoms with Gasteiger partial charge >= 0.3 is 0 Å². The third-order valence-corrected chi connectivity index (χ3v) is 4.69. The second kappa shape index (κ2) is 9.40. The maximum Gasteiger partial charge on any atom is 0.261 e. The molecule has 0 saturated heterocycles. The van der Waals surface area contributed by atoms with Crippen LogP contribution in [0.5, 0.6) is 5.75 Å². The van der Waals surface area contributed by atoms with Crippen LogP contribution in [0, 0.1) is 11.3 Å². The number of phenols is 1. The van der Waals surface area contributed by atoms with Crippen molar-refractivity contribution in [3.05, 3.63) is 68.1 Å². The molecule has 0 aliphatic carbocycles. The van der Waals surface area contributed by atoms with Gasteiger partial charge in [0.1, 0.15) is 17.4 Å². The first kappa shape index (κ1) is 19.2. The van der Waals surface area contributed by atoms with Crippen LogP contribution in [0.3, 0.4) is 0 Å². The quantitative estimate of drug-likeness (QED) is 0.374. The third kappa shape index (κ3) is 5.73. The molecule has 1 amide bonds. The van der Waals surface area contributed by atoms with Crippen molar-refractivity contribution in [3.8, 4) is 11.8 Å². The van der Waals surface area contributed by atoms with Crippen molar-refractivity contribution in [3.63, 3.8) is 0 Å². The normalized spacial score (nSPS) is 11.0. The van der Waals surface area contributed by atoms with Gasteiger partial charge in [0.05, 0.1) is 8.95 Å². The van der Waals surface area contributed by atoms with Gasteiger partial charge in [0.15, 0.2) is 0 Å². The lowest BCUT2D eigenvalue weighted by Crippen LogP contribution is -2.25. The predicted octanol–water partition coefficient (Wildman–Crippen LogP) is 4.57. The van der Waals surface area contributed by atoms with Crippen LogP contribution >= 0.6 is 31.9 Å². The molecule has 0 spiro atoms. The van der Waals surface area contributed by atoms with Crippen LogP contribution in [0.2, 0.25) is 0 Å². The first-order chi connectivity index (χ1) is 12.0. The van der Waals surface area contributed by atoms with Gasteiger partial charge in [0.25, 0.3) is 5.91 Å². The first-order valence-corrected chi connectivity index (χ1v) is 9.22. The van der Waals surface area contributed by atoms with Crippen LogP contribution < -0.4 is 5.32 Å². The topological polar surface area (TPSA) is 73.1 Å². The Labute approximate surface area is 163 Å². The summed E-state index contributed by atoms with van der Waals surface area (Å²) < 4.78 is 0.961. The lowest BCUT2D eigenvalue weighted by Gasteiger charge is -2.06. The molecule has 0 atom stereocenters. The number of phenolic OH excluding ortho intramolecular Hbond substituents is 1. The summed E-state index contributed by atoms with van der Waals surface area (Å²) in [4.78, 5) is 12.2. The number of hydrogen-bond acceptors (Lipinski definition) is 3. The van der Waals surface area contributed by atoms with Gasteiger partial charge in [0, 0.05) is 6.54 Å². The number of aromatic hydroxyl groups is 1. The molecule has 0 fully saturated rings. The molecule has 0 saturated carbocycles. The van der Waals surface area contributed by atoms with Crippen molar-refractivity contribution in [2.45, 2.75) is 12.8 Å². The molecule has 6 heteroatoms. The number of nitriles is 1. The van der Waals surface area contributed by atoms with Gasteiger partial charge in [-0.3, -0.25) is 4.79 Å². The zero-order chi connectivity index (χ0) is 18.2. The Morgan fingerprint density at radius 3 is 2.44 bits per heavy atom. The maximum absolute atomic E-state index is 12.2. The van der Waals surface area contributed by atoms with Gasteiger partial charge in [-0.15, -0.1) is 0 Å². The van der Waals surface area contributed by atoms with Gasteiger partial charge in [-0.2, -0.15) is 5.26 Å². The summed E-state index contributed by atoms with van der Waals surface area (Å²) in [6.07, 6.45) is 3.15. The summed E-state index contributed by atoms with van der Waals surface area (Å²) in [7, 11) is 0. The summed E-state index contributed by atoms with van der Waals surface area (Å²) in [6.45, 7) is 0.496. The smallest absolute Gasteiger partial charge is 0.261 e. The standard InChI is InChI=1S/C19H16Br2N2O2/c20-16-10-14(11-17(21)18(16)24)9-15(12-22)19(25)23-8-4-7-13-5-2-1-3-6-13/h1-3,5-6,9-11,24H,4,7-8H2,(H,23,25)/b15-9-. The minimum absolute atomic E-state index is 0.0178. The minimum atomic E-state index is -0.407. The van der Waals surface area contributed by atoms with Crippen LogP contribution in [0.1, 0.15) is 17.5 Å².